The number of carboxylic acid groups (broad SMARTS) is 1. The number of ether oxygens (including phenoxy) is 2. The maximum atomic E-state index is 10.5. The quantitative estimate of drug-likeness (QED) is 0.755. The molecule has 0 amide bonds. The molecule has 1 N–H and O–H groups in total. The Morgan fingerprint density at radius 3 is 2.70 bits per heavy atom. The highest BCUT2D eigenvalue weighted by atomic mass is 79.9. The van der Waals surface area contributed by atoms with E-state index in [9.17, 15) is 4.79 Å². The van der Waals surface area contributed by atoms with Crippen LogP contribution < -0.4 is 4.74 Å². The summed E-state index contributed by atoms with van der Waals surface area (Å²) in [5.41, 5.74) is 0.774. The summed E-state index contributed by atoms with van der Waals surface area (Å²) in [5, 5.41) is 8.62. The molecule has 0 aliphatic carbocycles. The van der Waals surface area contributed by atoms with E-state index in [-0.39, 0.29) is 6.10 Å². The lowest BCUT2D eigenvalue weighted by Gasteiger charge is -2.14. The van der Waals surface area contributed by atoms with E-state index in [1.165, 1.54) is 6.08 Å². The van der Waals surface area contributed by atoms with E-state index < -0.39 is 5.97 Å². The van der Waals surface area contributed by atoms with Gasteiger partial charge >= 0.3 is 5.97 Å². The topological polar surface area (TPSA) is 55.8 Å². The molecule has 0 aromatic heterocycles. The van der Waals surface area contributed by atoms with Gasteiger partial charge in [0.25, 0.3) is 0 Å². The molecule has 0 spiro atoms. The van der Waals surface area contributed by atoms with Gasteiger partial charge in [0.2, 0.25) is 0 Å². The first-order valence-corrected chi connectivity index (χ1v) is 7.79. The molecule has 1 aliphatic rings. The van der Waals surface area contributed by atoms with Crippen molar-refractivity contribution in [2.24, 2.45) is 0 Å². The fourth-order valence-electron chi connectivity index (χ4n) is 1.93. The molecule has 20 heavy (non-hydrogen) atoms. The second kappa shape index (κ2) is 7.24. The fraction of sp³-hybridized carbons (Fsp3) is 0.357. The van der Waals surface area contributed by atoms with Gasteiger partial charge in [0.15, 0.2) is 0 Å². The highest BCUT2D eigenvalue weighted by Crippen LogP contribution is 2.35. The molecule has 1 aliphatic heterocycles. The Morgan fingerprint density at radius 2 is 2.15 bits per heavy atom. The van der Waals surface area contributed by atoms with Gasteiger partial charge in [-0.25, -0.2) is 4.79 Å². The predicted molar refractivity (Wildman–Crippen MR) is 83.0 cm³/mol. The van der Waals surface area contributed by atoms with Gasteiger partial charge in [0.05, 0.1) is 15.0 Å². The maximum Gasteiger partial charge on any atom is 0.328 e. The molecule has 0 saturated carbocycles. The van der Waals surface area contributed by atoms with Crippen LogP contribution in [0.15, 0.2) is 27.2 Å². The lowest BCUT2D eigenvalue weighted by Crippen LogP contribution is -2.16. The predicted octanol–water partition coefficient (Wildman–Crippen LogP) is 3.87. The Morgan fingerprint density at radius 1 is 1.45 bits per heavy atom. The molecule has 1 fully saturated rings. The van der Waals surface area contributed by atoms with Crippen molar-refractivity contribution in [3.05, 3.63) is 32.7 Å². The zero-order valence-electron chi connectivity index (χ0n) is 10.6. The smallest absolute Gasteiger partial charge is 0.328 e. The number of aliphatic carboxylic acids is 1. The van der Waals surface area contributed by atoms with Crippen molar-refractivity contribution in [2.45, 2.75) is 18.9 Å². The zero-order chi connectivity index (χ0) is 14.5. The Balaban J connectivity index is 2.07. The summed E-state index contributed by atoms with van der Waals surface area (Å²) < 4.78 is 12.8. The van der Waals surface area contributed by atoms with Gasteiger partial charge in [-0.2, -0.15) is 0 Å². The minimum Gasteiger partial charge on any atom is -0.489 e. The van der Waals surface area contributed by atoms with Crippen molar-refractivity contribution in [2.75, 3.05) is 13.2 Å². The third-order valence-electron chi connectivity index (χ3n) is 2.88. The van der Waals surface area contributed by atoms with Crippen LogP contribution in [0.4, 0.5) is 0 Å². The molecule has 4 nitrogen and oxygen atoms in total. The number of rotatable bonds is 5. The van der Waals surface area contributed by atoms with Crippen LogP contribution in [0.3, 0.4) is 0 Å². The Labute approximate surface area is 134 Å². The summed E-state index contributed by atoms with van der Waals surface area (Å²) in [6, 6.07) is 3.63. The molecular formula is C14H14Br2O4. The van der Waals surface area contributed by atoms with Crippen molar-refractivity contribution < 1.29 is 19.4 Å². The molecule has 1 aromatic rings. The van der Waals surface area contributed by atoms with Crippen LogP contribution in [0.1, 0.15) is 18.4 Å². The van der Waals surface area contributed by atoms with E-state index in [0.717, 1.165) is 40.0 Å². The summed E-state index contributed by atoms with van der Waals surface area (Å²) in [6.45, 7) is 1.32. The van der Waals surface area contributed by atoms with Gasteiger partial charge in [-0.1, -0.05) is 0 Å². The Kier molecular flexibility index (Phi) is 5.63. The third kappa shape index (κ3) is 4.33. The second-order valence-corrected chi connectivity index (χ2v) is 6.14. The molecule has 108 valence electrons. The lowest BCUT2D eigenvalue weighted by atomic mass is 10.2. The van der Waals surface area contributed by atoms with E-state index in [4.69, 9.17) is 14.6 Å². The van der Waals surface area contributed by atoms with E-state index in [0.29, 0.717) is 12.4 Å². The standard InChI is InChI=1S/C14H14Br2O4/c15-11-6-9(3-4-13(17)18)7-12(16)14(11)20-8-10-2-1-5-19-10/h3-4,6-7,10H,1-2,5,8H2,(H,17,18)/b4-3+. The Bertz CT molecular complexity index is 499. The third-order valence-corrected chi connectivity index (χ3v) is 4.05. The number of carboxylic acids is 1. The van der Waals surface area contributed by atoms with Crippen LogP contribution in [0.25, 0.3) is 6.08 Å². The molecule has 2 rings (SSSR count). The number of carbonyl (C=O) groups is 1. The van der Waals surface area contributed by atoms with Crippen molar-refractivity contribution in [1.82, 2.24) is 0 Å². The second-order valence-electron chi connectivity index (χ2n) is 4.43. The largest absolute Gasteiger partial charge is 0.489 e. The van der Waals surface area contributed by atoms with Crippen molar-refractivity contribution in [3.63, 3.8) is 0 Å². The van der Waals surface area contributed by atoms with Gasteiger partial charge in [-0.05, 0) is 68.5 Å². The fourth-order valence-corrected chi connectivity index (χ4v) is 3.38. The van der Waals surface area contributed by atoms with Crippen LogP contribution in [0.2, 0.25) is 0 Å². The highest BCUT2D eigenvalue weighted by Gasteiger charge is 2.17. The van der Waals surface area contributed by atoms with Crippen LogP contribution in [-0.2, 0) is 9.53 Å². The van der Waals surface area contributed by atoms with E-state index in [2.05, 4.69) is 31.9 Å². The SMILES string of the molecule is O=C(O)/C=C/c1cc(Br)c(OCC2CCCO2)c(Br)c1. The van der Waals surface area contributed by atoms with Gasteiger partial charge in [-0.3, -0.25) is 0 Å². The minimum absolute atomic E-state index is 0.153. The first kappa shape index (κ1) is 15.5. The highest BCUT2D eigenvalue weighted by molar-refractivity contribution is 9.11. The van der Waals surface area contributed by atoms with Crippen LogP contribution in [0, 0.1) is 0 Å². The average Bonchev–Trinajstić information content (AvgIpc) is 2.88. The van der Waals surface area contributed by atoms with Crippen LogP contribution >= 0.6 is 31.9 Å². The van der Waals surface area contributed by atoms with Gasteiger partial charge in [0.1, 0.15) is 12.4 Å². The summed E-state index contributed by atoms with van der Waals surface area (Å²) in [7, 11) is 0. The number of hydrogen-bond acceptors (Lipinski definition) is 3. The zero-order valence-corrected chi connectivity index (χ0v) is 13.8. The number of hydrogen-bond donors (Lipinski definition) is 1. The van der Waals surface area contributed by atoms with E-state index in [1.54, 1.807) is 0 Å². The summed E-state index contributed by atoms with van der Waals surface area (Å²) in [4.78, 5) is 10.5. The van der Waals surface area contributed by atoms with E-state index >= 15 is 0 Å². The van der Waals surface area contributed by atoms with Crippen LogP contribution in [0.5, 0.6) is 5.75 Å². The summed E-state index contributed by atoms with van der Waals surface area (Å²) >= 11 is 6.87. The molecule has 1 atom stereocenters. The van der Waals surface area contributed by atoms with Crippen molar-refractivity contribution in [3.8, 4) is 5.75 Å². The molecule has 0 radical (unpaired) electrons. The molecule has 1 unspecified atom stereocenters. The number of halogens is 2. The molecular weight excluding hydrogens is 392 g/mol. The van der Waals surface area contributed by atoms with Crippen molar-refractivity contribution in [1.29, 1.82) is 0 Å². The molecule has 1 saturated heterocycles. The van der Waals surface area contributed by atoms with Gasteiger partial charge in [-0.15, -0.1) is 0 Å². The van der Waals surface area contributed by atoms with E-state index in [1.807, 2.05) is 12.1 Å². The van der Waals surface area contributed by atoms with Crippen molar-refractivity contribution >= 4 is 43.9 Å². The maximum absolute atomic E-state index is 10.5. The van der Waals surface area contributed by atoms with Gasteiger partial charge in [0, 0.05) is 12.7 Å². The lowest BCUT2D eigenvalue weighted by molar-refractivity contribution is -0.131. The van der Waals surface area contributed by atoms with Crippen LogP contribution in [-0.4, -0.2) is 30.4 Å². The molecule has 0 bridgehead atoms. The van der Waals surface area contributed by atoms with Gasteiger partial charge < -0.3 is 14.6 Å². The molecule has 1 aromatic carbocycles. The average molecular weight is 406 g/mol. The first-order chi connectivity index (χ1) is 9.56. The molecule has 1 heterocycles. The summed E-state index contributed by atoms with van der Waals surface area (Å²) in [5.74, 6) is -0.274. The molecule has 6 heteroatoms. The normalized spacial score (nSPS) is 18.6. The monoisotopic (exact) mass is 404 g/mol. The minimum atomic E-state index is -0.976. The Hall–Kier alpha value is -0.850. The summed E-state index contributed by atoms with van der Waals surface area (Å²) in [6.07, 6.45) is 4.88. The first-order valence-electron chi connectivity index (χ1n) is 6.20. The number of benzene rings is 1.